The molecular formula is C12H21NO4. The van der Waals surface area contributed by atoms with Crippen LogP contribution in [0.15, 0.2) is 0 Å². The fourth-order valence-electron chi connectivity index (χ4n) is 2.01. The minimum atomic E-state index is -1.09. The lowest BCUT2D eigenvalue weighted by Gasteiger charge is -2.30. The van der Waals surface area contributed by atoms with E-state index in [4.69, 9.17) is 9.84 Å². The molecule has 0 aliphatic carbocycles. The molecule has 2 atom stereocenters. The summed E-state index contributed by atoms with van der Waals surface area (Å²) in [7, 11) is 0. The third kappa shape index (κ3) is 3.43. The molecule has 0 spiro atoms. The van der Waals surface area contributed by atoms with Crippen LogP contribution in [0.1, 0.15) is 34.1 Å². The normalized spacial score (nSPS) is 26.6. The van der Waals surface area contributed by atoms with Crippen LogP contribution in [0.4, 0.5) is 0 Å². The Labute approximate surface area is 102 Å². The summed E-state index contributed by atoms with van der Waals surface area (Å²) in [4.78, 5) is 23.2. The second-order valence-corrected chi connectivity index (χ2v) is 5.99. The monoisotopic (exact) mass is 243 g/mol. The molecule has 5 nitrogen and oxygen atoms in total. The van der Waals surface area contributed by atoms with Gasteiger partial charge in [-0.2, -0.15) is 0 Å². The summed E-state index contributed by atoms with van der Waals surface area (Å²) in [5.74, 6) is -2.56. The lowest BCUT2D eigenvalue weighted by atomic mass is 9.79. The summed E-state index contributed by atoms with van der Waals surface area (Å²) in [6.07, 6.45) is 0.717. The van der Waals surface area contributed by atoms with Gasteiger partial charge < -0.3 is 15.2 Å². The number of hydrogen-bond acceptors (Lipinski definition) is 3. The van der Waals surface area contributed by atoms with Gasteiger partial charge in [0.05, 0.1) is 12.1 Å². The molecule has 0 aromatic rings. The third-order valence-corrected chi connectivity index (χ3v) is 3.02. The van der Waals surface area contributed by atoms with Crippen molar-refractivity contribution in [3.8, 4) is 0 Å². The Bertz CT molecular complexity index is 313. The van der Waals surface area contributed by atoms with Crippen molar-refractivity contribution >= 4 is 11.9 Å². The summed E-state index contributed by atoms with van der Waals surface area (Å²) in [6, 6.07) is 0. The quantitative estimate of drug-likeness (QED) is 0.726. The molecule has 0 saturated carbocycles. The molecule has 1 saturated heterocycles. The predicted octanol–water partition coefficient (Wildman–Crippen LogP) is 1.03. The zero-order valence-electron chi connectivity index (χ0n) is 10.9. The summed E-state index contributed by atoms with van der Waals surface area (Å²) in [5.41, 5.74) is -1.04. The largest absolute Gasteiger partial charge is 0.481 e. The number of rotatable bonds is 3. The molecule has 1 rings (SSSR count). The highest BCUT2D eigenvalue weighted by molar-refractivity contribution is 5.98. The predicted molar refractivity (Wildman–Crippen MR) is 62.6 cm³/mol. The van der Waals surface area contributed by atoms with E-state index < -0.39 is 28.7 Å². The van der Waals surface area contributed by atoms with Crippen LogP contribution in [0.25, 0.3) is 0 Å². The third-order valence-electron chi connectivity index (χ3n) is 3.02. The average Bonchev–Trinajstić information content (AvgIpc) is 2.47. The fraction of sp³-hybridized carbons (Fsp3) is 0.833. The highest BCUT2D eigenvalue weighted by atomic mass is 16.5. The molecule has 2 unspecified atom stereocenters. The Kier molecular flexibility index (Phi) is 3.81. The molecule has 98 valence electrons. The van der Waals surface area contributed by atoms with Crippen LogP contribution in [0, 0.1) is 11.3 Å². The van der Waals surface area contributed by atoms with Gasteiger partial charge in [-0.1, -0.05) is 20.8 Å². The molecular weight excluding hydrogens is 222 g/mol. The molecule has 1 fully saturated rings. The topological polar surface area (TPSA) is 75.6 Å². The van der Waals surface area contributed by atoms with E-state index in [2.05, 4.69) is 5.32 Å². The molecule has 1 heterocycles. The van der Waals surface area contributed by atoms with Gasteiger partial charge in [0.15, 0.2) is 0 Å². The second-order valence-electron chi connectivity index (χ2n) is 5.99. The maximum absolute atomic E-state index is 12.0. The van der Waals surface area contributed by atoms with Crippen LogP contribution in [0.2, 0.25) is 0 Å². The number of aliphatic carboxylic acids is 1. The van der Waals surface area contributed by atoms with Gasteiger partial charge in [-0.05, 0) is 18.8 Å². The van der Waals surface area contributed by atoms with Gasteiger partial charge in [-0.15, -0.1) is 0 Å². The van der Waals surface area contributed by atoms with Crippen molar-refractivity contribution in [3.63, 3.8) is 0 Å². The smallest absolute Gasteiger partial charge is 0.316 e. The van der Waals surface area contributed by atoms with Crippen molar-refractivity contribution < 1.29 is 19.4 Å². The van der Waals surface area contributed by atoms with Crippen molar-refractivity contribution in [1.82, 2.24) is 5.32 Å². The van der Waals surface area contributed by atoms with Crippen molar-refractivity contribution in [3.05, 3.63) is 0 Å². The average molecular weight is 243 g/mol. The number of carboxylic acids is 1. The molecule has 0 aromatic carbocycles. The molecule has 0 radical (unpaired) electrons. The number of ether oxygens (including phenoxy) is 1. The van der Waals surface area contributed by atoms with Gasteiger partial charge in [-0.3, -0.25) is 9.59 Å². The summed E-state index contributed by atoms with van der Waals surface area (Å²) < 4.78 is 5.22. The number of carbonyl (C=O) groups is 2. The Hall–Kier alpha value is -1.10. The first kappa shape index (κ1) is 14.0. The van der Waals surface area contributed by atoms with E-state index in [0.29, 0.717) is 13.2 Å². The zero-order valence-corrected chi connectivity index (χ0v) is 10.9. The summed E-state index contributed by atoms with van der Waals surface area (Å²) in [5, 5.41) is 11.9. The number of carbonyl (C=O) groups excluding carboxylic acids is 1. The maximum Gasteiger partial charge on any atom is 0.316 e. The molecule has 5 heteroatoms. The molecule has 0 bridgehead atoms. The minimum absolute atomic E-state index is 0.432. The van der Waals surface area contributed by atoms with E-state index in [0.717, 1.165) is 6.42 Å². The van der Waals surface area contributed by atoms with Gasteiger partial charge in [0.25, 0.3) is 0 Å². The van der Waals surface area contributed by atoms with Gasteiger partial charge in [0.2, 0.25) is 5.91 Å². The lowest BCUT2D eigenvalue weighted by Crippen LogP contribution is -2.52. The van der Waals surface area contributed by atoms with Crippen molar-refractivity contribution in [2.24, 2.45) is 11.3 Å². The Morgan fingerprint density at radius 1 is 1.41 bits per heavy atom. The molecule has 0 aromatic heterocycles. The first-order chi connectivity index (χ1) is 7.66. The van der Waals surface area contributed by atoms with E-state index in [9.17, 15) is 9.59 Å². The number of hydrogen-bond donors (Lipinski definition) is 2. The van der Waals surface area contributed by atoms with Crippen LogP contribution < -0.4 is 5.32 Å². The van der Waals surface area contributed by atoms with Crippen LogP contribution in [-0.2, 0) is 14.3 Å². The van der Waals surface area contributed by atoms with E-state index in [1.807, 2.05) is 6.92 Å². The minimum Gasteiger partial charge on any atom is -0.481 e. The van der Waals surface area contributed by atoms with Gasteiger partial charge in [0, 0.05) is 6.61 Å². The van der Waals surface area contributed by atoms with Gasteiger partial charge in [0.1, 0.15) is 5.92 Å². The molecule has 17 heavy (non-hydrogen) atoms. The van der Waals surface area contributed by atoms with Gasteiger partial charge in [-0.25, -0.2) is 0 Å². The highest BCUT2D eigenvalue weighted by Gasteiger charge is 2.41. The molecule has 1 aliphatic rings. The Morgan fingerprint density at radius 2 is 2.00 bits per heavy atom. The Balaban J connectivity index is 2.76. The van der Waals surface area contributed by atoms with E-state index in [1.54, 1.807) is 20.8 Å². The maximum atomic E-state index is 12.0. The van der Waals surface area contributed by atoms with Gasteiger partial charge >= 0.3 is 5.97 Å². The van der Waals surface area contributed by atoms with E-state index >= 15 is 0 Å². The zero-order chi connectivity index (χ0) is 13.3. The first-order valence-corrected chi connectivity index (χ1v) is 5.78. The number of amides is 1. The summed E-state index contributed by atoms with van der Waals surface area (Å²) in [6.45, 7) is 8.16. The lowest BCUT2D eigenvalue weighted by molar-refractivity contribution is -0.152. The van der Waals surface area contributed by atoms with Crippen molar-refractivity contribution in [1.29, 1.82) is 0 Å². The van der Waals surface area contributed by atoms with Crippen LogP contribution in [0.5, 0.6) is 0 Å². The first-order valence-electron chi connectivity index (χ1n) is 5.78. The van der Waals surface area contributed by atoms with Crippen LogP contribution >= 0.6 is 0 Å². The van der Waals surface area contributed by atoms with Crippen molar-refractivity contribution in [2.75, 3.05) is 13.2 Å². The van der Waals surface area contributed by atoms with Crippen LogP contribution in [-0.4, -0.2) is 35.7 Å². The number of nitrogens with one attached hydrogen (secondary N) is 1. The van der Waals surface area contributed by atoms with Crippen LogP contribution in [0.3, 0.4) is 0 Å². The highest BCUT2D eigenvalue weighted by Crippen LogP contribution is 2.28. The molecule has 1 aliphatic heterocycles. The van der Waals surface area contributed by atoms with E-state index in [-0.39, 0.29) is 0 Å². The SMILES string of the molecule is CC1(NC(=O)C(C(=O)O)C(C)(C)C)CCOC1. The van der Waals surface area contributed by atoms with E-state index in [1.165, 1.54) is 0 Å². The second kappa shape index (κ2) is 4.64. The molecule has 2 N–H and O–H groups in total. The Morgan fingerprint density at radius 3 is 2.35 bits per heavy atom. The van der Waals surface area contributed by atoms with Crippen molar-refractivity contribution in [2.45, 2.75) is 39.7 Å². The fourth-order valence-corrected chi connectivity index (χ4v) is 2.01. The molecule has 1 amide bonds. The number of carboxylic acid groups (broad SMARTS) is 1. The standard InChI is InChI=1S/C12H21NO4/c1-11(2,3)8(10(15)16)9(14)13-12(4)5-6-17-7-12/h8H,5-7H2,1-4H3,(H,13,14)(H,15,16). The summed E-state index contributed by atoms with van der Waals surface area (Å²) >= 11 is 0.